The Labute approximate surface area is 192 Å². The first-order valence-electron chi connectivity index (χ1n) is 11.6. The van der Waals surface area contributed by atoms with E-state index in [0.29, 0.717) is 28.8 Å². The number of nitrogens with zero attached hydrogens (tertiary/aromatic N) is 5. The van der Waals surface area contributed by atoms with Crippen molar-refractivity contribution in [1.82, 2.24) is 19.7 Å². The average molecular weight is 456 g/mol. The van der Waals surface area contributed by atoms with Gasteiger partial charge < -0.3 is 9.64 Å². The van der Waals surface area contributed by atoms with Crippen LogP contribution in [0.5, 0.6) is 0 Å². The average Bonchev–Trinajstić information content (AvgIpc) is 3.45. The molecule has 2 atom stereocenters. The zero-order valence-corrected chi connectivity index (χ0v) is 19.6. The SMILES string of the molecule is Cn1cc(-c2nc(N3CN(C(=O)OC(C)(C)C)[C@H]4CCCC[C@H]43)c(F)c3c2C(=O)CC3)cn1. The van der Waals surface area contributed by atoms with Crippen LogP contribution in [0.4, 0.5) is 15.0 Å². The predicted octanol–water partition coefficient (Wildman–Crippen LogP) is 4.08. The fraction of sp³-hybridized carbons (Fsp3) is 0.583. The maximum absolute atomic E-state index is 15.8. The summed E-state index contributed by atoms with van der Waals surface area (Å²) in [6.45, 7) is 5.75. The fourth-order valence-corrected chi connectivity index (χ4v) is 5.37. The molecule has 0 aromatic carbocycles. The lowest BCUT2D eigenvalue weighted by Crippen LogP contribution is -2.44. The summed E-state index contributed by atoms with van der Waals surface area (Å²) < 4.78 is 23.1. The molecule has 2 aliphatic carbocycles. The van der Waals surface area contributed by atoms with E-state index in [1.807, 2.05) is 25.7 Å². The number of ketones is 1. The summed E-state index contributed by atoms with van der Waals surface area (Å²) >= 11 is 0. The van der Waals surface area contributed by atoms with E-state index >= 15 is 4.39 Å². The van der Waals surface area contributed by atoms with E-state index in [2.05, 4.69) is 5.10 Å². The molecule has 3 heterocycles. The molecule has 0 radical (unpaired) electrons. The number of carbonyl (C=O) groups excluding carboxylic acids is 2. The smallest absolute Gasteiger partial charge is 0.412 e. The van der Waals surface area contributed by atoms with Crippen LogP contribution in [0, 0.1) is 5.82 Å². The normalized spacial score (nSPS) is 22.5. The molecule has 0 spiro atoms. The van der Waals surface area contributed by atoms with E-state index in [1.165, 1.54) is 0 Å². The van der Waals surface area contributed by atoms with Crippen molar-refractivity contribution in [2.75, 3.05) is 11.6 Å². The Morgan fingerprint density at radius 1 is 1.18 bits per heavy atom. The number of hydrogen-bond donors (Lipinski definition) is 0. The van der Waals surface area contributed by atoms with Crippen LogP contribution in [0.1, 0.15) is 68.8 Å². The van der Waals surface area contributed by atoms with Gasteiger partial charge in [0.2, 0.25) is 0 Å². The third kappa shape index (κ3) is 3.77. The van der Waals surface area contributed by atoms with Crippen molar-refractivity contribution in [3.05, 3.63) is 29.3 Å². The van der Waals surface area contributed by atoms with Gasteiger partial charge in [-0.15, -0.1) is 0 Å². The molecular formula is C24H30FN5O3. The topological polar surface area (TPSA) is 80.6 Å². The summed E-state index contributed by atoms with van der Waals surface area (Å²) in [7, 11) is 1.79. The van der Waals surface area contributed by atoms with Crippen LogP contribution >= 0.6 is 0 Å². The third-order valence-electron chi connectivity index (χ3n) is 6.78. The van der Waals surface area contributed by atoms with Crippen LogP contribution in [0.3, 0.4) is 0 Å². The van der Waals surface area contributed by atoms with Gasteiger partial charge in [-0.3, -0.25) is 14.4 Å². The van der Waals surface area contributed by atoms with E-state index in [-0.39, 0.29) is 42.9 Å². The van der Waals surface area contributed by atoms with Gasteiger partial charge in [0.15, 0.2) is 17.4 Å². The van der Waals surface area contributed by atoms with Crippen molar-refractivity contribution in [3.8, 4) is 11.3 Å². The lowest BCUT2D eigenvalue weighted by atomic mass is 9.90. The van der Waals surface area contributed by atoms with E-state index in [1.54, 1.807) is 29.0 Å². The first kappa shape index (κ1) is 21.9. The molecule has 0 bridgehead atoms. The second-order valence-corrected chi connectivity index (χ2v) is 10.3. The molecular weight excluding hydrogens is 425 g/mol. The van der Waals surface area contributed by atoms with Gasteiger partial charge in [0.05, 0.1) is 36.2 Å². The van der Waals surface area contributed by atoms with Gasteiger partial charge in [0.1, 0.15) is 5.60 Å². The van der Waals surface area contributed by atoms with Crippen molar-refractivity contribution < 1.29 is 18.7 Å². The Kier molecular flexibility index (Phi) is 5.17. The molecule has 1 aliphatic heterocycles. The van der Waals surface area contributed by atoms with Crippen molar-refractivity contribution in [3.63, 3.8) is 0 Å². The van der Waals surface area contributed by atoms with Crippen LogP contribution in [0.15, 0.2) is 12.4 Å². The van der Waals surface area contributed by atoms with Gasteiger partial charge >= 0.3 is 6.09 Å². The zero-order chi connectivity index (χ0) is 23.5. The second kappa shape index (κ2) is 7.81. The highest BCUT2D eigenvalue weighted by atomic mass is 19.1. The summed E-state index contributed by atoms with van der Waals surface area (Å²) in [6.07, 6.45) is 7.42. The van der Waals surface area contributed by atoms with Crippen molar-refractivity contribution in [2.24, 2.45) is 7.05 Å². The van der Waals surface area contributed by atoms with Crippen molar-refractivity contribution >= 4 is 17.7 Å². The van der Waals surface area contributed by atoms with Crippen molar-refractivity contribution in [2.45, 2.75) is 77.0 Å². The maximum Gasteiger partial charge on any atom is 0.412 e. The molecule has 1 amide bonds. The zero-order valence-electron chi connectivity index (χ0n) is 19.6. The highest BCUT2D eigenvalue weighted by molar-refractivity contribution is 6.05. The summed E-state index contributed by atoms with van der Waals surface area (Å²) in [4.78, 5) is 34.0. The molecule has 2 aromatic heterocycles. The highest BCUT2D eigenvalue weighted by Crippen LogP contribution is 2.41. The first-order chi connectivity index (χ1) is 15.6. The number of aromatic nitrogens is 3. The van der Waals surface area contributed by atoms with Crippen LogP contribution in [-0.4, -0.2) is 55.9 Å². The van der Waals surface area contributed by atoms with Crippen molar-refractivity contribution in [1.29, 1.82) is 0 Å². The van der Waals surface area contributed by atoms with Gasteiger partial charge in [0, 0.05) is 30.8 Å². The molecule has 1 saturated carbocycles. The lowest BCUT2D eigenvalue weighted by Gasteiger charge is -2.33. The Hall–Kier alpha value is -2.97. The molecule has 1 saturated heterocycles. The number of halogens is 1. The minimum Gasteiger partial charge on any atom is -0.444 e. The highest BCUT2D eigenvalue weighted by Gasteiger charge is 2.47. The summed E-state index contributed by atoms with van der Waals surface area (Å²) in [6, 6.07) is -0.0864. The predicted molar refractivity (Wildman–Crippen MR) is 121 cm³/mol. The van der Waals surface area contributed by atoms with Crippen LogP contribution in [0.25, 0.3) is 11.3 Å². The second-order valence-electron chi connectivity index (χ2n) is 10.3. The molecule has 2 fully saturated rings. The summed E-state index contributed by atoms with van der Waals surface area (Å²) in [5.41, 5.74) is 1.34. The Balaban J connectivity index is 1.58. The van der Waals surface area contributed by atoms with Crippen LogP contribution in [-0.2, 0) is 18.2 Å². The number of amides is 1. The van der Waals surface area contributed by atoms with Gasteiger partial charge in [-0.25, -0.2) is 14.2 Å². The van der Waals surface area contributed by atoms with Crippen LogP contribution < -0.4 is 4.90 Å². The molecule has 8 nitrogen and oxygen atoms in total. The quantitative estimate of drug-likeness (QED) is 0.679. The number of rotatable bonds is 2. The number of anilines is 1. The lowest BCUT2D eigenvalue weighted by molar-refractivity contribution is 0.0200. The number of carbonyl (C=O) groups is 2. The van der Waals surface area contributed by atoms with Gasteiger partial charge in [-0.05, 0) is 40.0 Å². The number of pyridine rings is 1. The van der Waals surface area contributed by atoms with E-state index in [4.69, 9.17) is 9.72 Å². The Morgan fingerprint density at radius 2 is 1.91 bits per heavy atom. The molecule has 2 aromatic rings. The summed E-state index contributed by atoms with van der Waals surface area (Å²) in [5, 5.41) is 4.22. The monoisotopic (exact) mass is 455 g/mol. The minimum atomic E-state index is -0.612. The van der Waals surface area contributed by atoms with Gasteiger partial charge in [-0.2, -0.15) is 5.10 Å². The number of ether oxygens (including phenoxy) is 1. The number of fused-ring (bicyclic) bond motifs is 2. The standard InChI is InChI=1S/C24H30FN5O3/c1-24(2,3)33-23(32)30-13-29(16-7-5-6-8-17(16)30)22-20(25)15-9-10-18(31)19(15)21(27-22)14-11-26-28(4)12-14/h11-12,16-17H,5-10,13H2,1-4H3/t16-,17+/m1/s1. The Morgan fingerprint density at radius 3 is 2.58 bits per heavy atom. The summed E-state index contributed by atoms with van der Waals surface area (Å²) in [5.74, 6) is -0.321. The molecule has 0 N–H and O–H groups in total. The molecule has 5 rings (SSSR count). The van der Waals surface area contributed by atoms with E-state index in [0.717, 1.165) is 25.7 Å². The fourth-order valence-electron chi connectivity index (χ4n) is 5.37. The first-order valence-corrected chi connectivity index (χ1v) is 11.6. The molecule has 176 valence electrons. The largest absolute Gasteiger partial charge is 0.444 e. The van der Waals surface area contributed by atoms with Gasteiger partial charge in [0.25, 0.3) is 0 Å². The third-order valence-corrected chi connectivity index (χ3v) is 6.78. The molecule has 9 heteroatoms. The maximum atomic E-state index is 15.8. The Bertz CT molecular complexity index is 1120. The van der Waals surface area contributed by atoms with Crippen LogP contribution in [0.2, 0.25) is 0 Å². The van der Waals surface area contributed by atoms with E-state index < -0.39 is 11.4 Å². The van der Waals surface area contributed by atoms with E-state index in [9.17, 15) is 9.59 Å². The molecule has 0 unspecified atom stereocenters. The number of Topliss-reactive ketones (excluding diaryl/α,β-unsaturated/α-hetero) is 1. The van der Waals surface area contributed by atoms with Gasteiger partial charge in [-0.1, -0.05) is 12.8 Å². The minimum absolute atomic E-state index is 0.0369. The molecule has 33 heavy (non-hydrogen) atoms. The number of hydrogen-bond acceptors (Lipinski definition) is 6. The molecule has 3 aliphatic rings. The number of aryl methyl sites for hydroxylation is 1.